The van der Waals surface area contributed by atoms with Gasteiger partial charge in [-0.05, 0) is 18.2 Å². The Kier molecular flexibility index (Phi) is 5.51. The van der Waals surface area contributed by atoms with E-state index in [0.29, 0.717) is 28.8 Å². The van der Waals surface area contributed by atoms with Gasteiger partial charge in [0.15, 0.2) is 9.84 Å². The number of amides is 2. The van der Waals surface area contributed by atoms with Crippen LogP contribution in [0.2, 0.25) is 0 Å². The normalized spacial score (nSPS) is 11.2. The number of benzene rings is 1. The van der Waals surface area contributed by atoms with Crippen molar-refractivity contribution >= 4 is 27.2 Å². The lowest BCUT2D eigenvalue weighted by atomic mass is 10.3. The van der Waals surface area contributed by atoms with Crippen LogP contribution >= 0.6 is 0 Å². The van der Waals surface area contributed by atoms with Crippen LogP contribution < -0.4 is 15.4 Å². The van der Waals surface area contributed by atoms with E-state index in [1.165, 1.54) is 41.7 Å². The molecule has 2 amide bonds. The number of aromatic nitrogens is 6. The third kappa shape index (κ3) is 4.86. The van der Waals surface area contributed by atoms with E-state index in [4.69, 9.17) is 9.26 Å². The molecule has 0 saturated carbocycles. The van der Waals surface area contributed by atoms with Gasteiger partial charge in [-0.3, -0.25) is 0 Å². The predicted octanol–water partition coefficient (Wildman–Crippen LogP) is 2.10. The average Bonchev–Trinajstić information content (AvgIpc) is 3.39. The molecule has 3 aromatic heterocycles. The minimum atomic E-state index is -3.39. The smallest absolute Gasteiger partial charge is 0.323 e. The molecule has 0 unspecified atom stereocenters. The number of ether oxygens (including phenoxy) is 1. The maximum atomic E-state index is 12.2. The lowest BCUT2D eigenvalue weighted by Crippen LogP contribution is -2.19. The molecule has 164 valence electrons. The zero-order valence-electron chi connectivity index (χ0n) is 16.8. The highest BCUT2D eigenvalue weighted by Crippen LogP contribution is 2.23. The van der Waals surface area contributed by atoms with Gasteiger partial charge in [-0.1, -0.05) is 11.2 Å². The molecule has 3 heterocycles. The van der Waals surface area contributed by atoms with Gasteiger partial charge in [-0.2, -0.15) is 10.1 Å². The van der Waals surface area contributed by atoms with E-state index in [2.05, 4.69) is 35.8 Å². The first-order valence-corrected chi connectivity index (χ1v) is 10.9. The van der Waals surface area contributed by atoms with Crippen LogP contribution in [0.25, 0.3) is 11.5 Å². The molecule has 13 nitrogen and oxygen atoms in total. The van der Waals surface area contributed by atoms with E-state index in [1.807, 2.05) is 0 Å². The second-order valence-corrected chi connectivity index (χ2v) is 8.50. The molecular formula is C18H16N8O5S. The molecule has 0 saturated heterocycles. The van der Waals surface area contributed by atoms with Crippen LogP contribution in [0.15, 0.2) is 58.5 Å². The highest BCUT2D eigenvalue weighted by atomic mass is 32.2. The number of hydrogen-bond acceptors (Lipinski definition) is 10. The molecule has 0 aliphatic carbocycles. The van der Waals surface area contributed by atoms with Crippen LogP contribution in [-0.4, -0.2) is 50.6 Å². The minimum Gasteiger partial charge on any atom is -0.405 e. The van der Waals surface area contributed by atoms with Crippen molar-refractivity contribution in [2.45, 2.75) is 4.90 Å². The Balaban J connectivity index is 1.39. The molecule has 1 aromatic carbocycles. The molecule has 0 radical (unpaired) electrons. The third-order valence-electron chi connectivity index (χ3n) is 4.03. The molecule has 14 heteroatoms. The van der Waals surface area contributed by atoms with Gasteiger partial charge in [0.05, 0.1) is 23.0 Å². The average molecular weight is 456 g/mol. The molecule has 0 fully saturated rings. The van der Waals surface area contributed by atoms with Crippen molar-refractivity contribution in [2.24, 2.45) is 7.05 Å². The second-order valence-electron chi connectivity index (χ2n) is 6.48. The summed E-state index contributed by atoms with van der Waals surface area (Å²) in [6, 6.07) is 6.93. The number of sulfone groups is 1. The van der Waals surface area contributed by atoms with Gasteiger partial charge in [-0.25, -0.2) is 27.9 Å². The van der Waals surface area contributed by atoms with E-state index in [1.54, 1.807) is 19.2 Å². The Hall–Kier alpha value is -4.33. The molecule has 0 spiro atoms. The fourth-order valence-electron chi connectivity index (χ4n) is 2.56. The Labute approximate surface area is 181 Å². The first-order valence-electron chi connectivity index (χ1n) is 8.97. The molecular weight excluding hydrogens is 440 g/mol. The monoisotopic (exact) mass is 456 g/mol. The van der Waals surface area contributed by atoms with Crippen molar-refractivity contribution < 1.29 is 22.5 Å². The number of carbonyl (C=O) groups excluding carboxylic acids is 1. The number of carbonyl (C=O) groups is 1. The maximum absolute atomic E-state index is 12.2. The van der Waals surface area contributed by atoms with Crippen molar-refractivity contribution in [3.63, 3.8) is 0 Å². The Morgan fingerprint density at radius 3 is 2.53 bits per heavy atom. The molecule has 0 aliphatic heterocycles. The summed E-state index contributed by atoms with van der Waals surface area (Å²) < 4.78 is 35.0. The van der Waals surface area contributed by atoms with Crippen LogP contribution in [0.4, 0.5) is 16.2 Å². The third-order valence-corrected chi connectivity index (χ3v) is 5.14. The van der Waals surface area contributed by atoms with Crippen LogP contribution in [0, 0.1) is 0 Å². The minimum absolute atomic E-state index is 0.0273. The molecule has 0 atom stereocenters. The molecule has 0 bridgehead atoms. The number of anilines is 2. The van der Waals surface area contributed by atoms with Crippen LogP contribution in [-0.2, 0) is 16.9 Å². The zero-order chi connectivity index (χ0) is 22.7. The number of aryl methyl sites for hydroxylation is 1. The number of nitrogens with one attached hydrogen (secondary N) is 2. The number of rotatable bonds is 6. The summed E-state index contributed by atoms with van der Waals surface area (Å²) in [5.74, 6) is 0.651. The second kappa shape index (κ2) is 8.43. The quantitative estimate of drug-likeness (QED) is 0.438. The van der Waals surface area contributed by atoms with E-state index < -0.39 is 15.9 Å². The van der Waals surface area contributed by atoms with Gasteiger partial charge in [-0.15, -0.1) is 0 Å². The molecule has 4 aromatic rings. The molecule has 0 aliphatic rings. The van der Waals surface area contributed by atoms with Crippen LogP contribution in [0.3, 0.4) is 0 Å². The first-order chi connectivity index (χ1) is 15.3. The summed E-state index contributed by atoms with van der Waals surface area (Å²) in [6.07, 6.45) is 4.99. The first kappa shape index (κ1) is 20.9. The number of nitrogens with zero attached hydrogens (tertiary/aromatic N) is 6. The molecule has 32 heavy (non-hydrogen) atoms. The lowest BCUT2D eigenvalue weighted by molar-refractivity contribution is 0.262. The van der Waals surface area contributed by atoms with Gasteiger partial charge >= 0.3 is 12.0 Å². The summed E-state index contributed by atoms with van der Waals surface area (Å²) in [5, 5.41) is 13.0. The van der Waals surface area contributed by atoms with Crippen molar-refractivity contribution in [2.75, 3.05) is 16.9 Å². The maximum Gasteiger partial charge on any atom is 0.323 e. The fraction of sp³-hybridized carbons (Fsp3) is 0.111. The zero-order valence-corrected chi connectivity index (χ0v) is 17.6. The highest BCUT2D eigenvalue weighted by molar-refractivity contribution is 7.90. The van der Waals surface area contributed by atoms with E-state index in [0.717, 1.165) is 6.26 Å². The standard InChI is InChI=1S/C18H16N8O5S/c1-26-15(7-14(24-26)16-21-10-30-25-16)31-18-19-8-12(9-20-18)23-17(27)22-11-4-3-5-13(6-11)32(2,28)29/h3-10H,1-2H3,(H2,22,23,27). The predicted molar refractivity (Wildman–Crippen MR) is 111 cm³/mol. The van der Waals surface area contributed by atoms with Gasteiger partial charge in [0, 0.05) is 25.1 Å². The van der Waals surface area contributed by atoms with Gasteiger partial charge in [0.2, 0.25) is 18.1 Å². The summed E-state index contributed by atoms with van der Waals surface area (Å²) in [5.41, 5.74) is 1.07. The van der Waals surface area contributed by atoms with Crippen LogP contribution in [0.1, 0.15) is 0 Å². The topological polar surface area (TPSA) is 167 Å². The summed E-state index contributed by atoms with van der Waals surface area (Å²) in [7, 11) is -1.72. The summed E-state index contributed by atoms with van der Waals surface area (Å²) in [4.78, 5) is 24.3. The highest BCUT2D eigenvalue weighted by Gasteiger charge is 2.14. The van der Waals surface area contributed by atoms with Gasteiger partial charge in [0.25, 0.3) is 0 Å². The van der Waals surface area contributed by atoms with Gasteiger partial charge in [0.1, 0.15) is 5.69 Å². The largest absolute Gasteiger partial charge is 0.405 e. The van der Waals surface area contributed by atoms with Crippen molar-refractivity contribution in [3.05, 3.63) is 49.1 Å². The Bertz CT molecular complexity index is 1350. The van der Waals surface area contributed by atoms with E-state index in [-0.39, 0.29) is 10.9 Å². The molecule has 4 rings (SSSR count). The van der Waals surface area contributed by atoms with Gasteiger partial charge < -0.3 is 19.9 Å². The lowest BCUT2D eigenvalue weighted by Gasteiger charge is -2.09. The SMILES string of the molecule is Cn1nc(-c2ncon2)cc1Oc1ncc(NC(=O)Nc2cccc(S(C)(=O)=O)c2)cn1. The Morgan fingerprint density at radius 2 is 1.84 bits per heavy atom. The number of hydrogen-bond donors (Lipinski definition) is 2. The van der Waals surface area contributed by atoms with E-state index >= 15 is 0 Å². The Morgan fingerprint density at radius 1 is 1.09 bits per heavy atom. The van der Waals surface area contributed by atoms with Crippen molar-refractivity contribution in [1.29, 1.82) is 0 Å². The van der Waals surface area contributed by atoms with Crippen molar-refractivity contribution in [3.8, 4) is 23.4 Å². The summed E-state index contributed by atoms with van der Waals surface area (Å²) >= 11 is 0. The molecule has 2 N–H and O–H groups in total. The summed E-state index contributed by atoms with van der Waals surface area (Å²) in [6.45, 7) is 0. The number of urea groups is 1. The van der Waals surface area contributed by atoms with Crippen molar-refractivity contribution in [1.82, 2.24) is 29.9 Å². The van der Waals surface area contributed by atoms with E-state index in [9.17, 15) is 13.2 Å². The van der Waals surface area contributed by atoms with Crippen LogP contribution in [0.5, 0.6) is 11.9 Å². The fourth-order valence-corrected chi connectivity index (χ4v) is 3.23.